The zero-order chi connectivity index (χ0) is 18.8. The number of carbonyl (C=O) groups excluding carboxylic acids is 1. The summed E-state index contributed by atoms with van der Waals surface area (Å²) in [7, 11) is 2.00. The van der Waals surface area contributed by atoms with Crippen LogP contribution in [0.2, 0.25) is 0 Å². The van der Waals surface area contributed by atoms with Crippen molar-refractivity contribution in [1.82, 2.24) is 25.1 Å². The van der Waals surface area contributed by atoms with Crippen molar-refractivity contribution < 1.29 is 9.18 Å². The van der Waals surface area contributed by atoms with Gasteiger partial charge in [-0.2, -0.15) is 0 Å². The summed E-state index contributed by atoms with van der Waals surface area (Å²) in [6.45, 7) is 4.00. The summed E-state index contributed by atoms with van der Waals surface area (Å²) < 4.78 is 16.2. The molecule has 3 heterocycles. The molecule has 142 valence electrons. The lowest BCUT2D eigenvalue weighted by molar-refractivity contribution is 0.0941. The number of fused-ring (bicyclic) bond motifs is 1. The fourth-order valence-electron chi connectivity index (χ4n) is 3.48. The first kappa shape index (κ1) is 18.1. The van der Waals surface area contributed by atoms with Crippen molar-refractivity contribution in [3.63, 3.8) is 0 Å². The second kappa shape index (κ2) is 7.75. The van der Waals surface area contributed by atoms with E-state index in [2.05, 4.69) is 20.5 Å². The normalized spacial score (nSPS) is 18.1. The summed E-state index contributed by atoms with van der Waals surface area (Å²) in [6.07, 6.45) is 3.77. The highest BCUT2D eigenvalue weighted by Gasteiger charge is 2.26. The van der Waals surface area contributed by atoms with Gasteiger partial charge in [-0.25, -0.2) is 9.37 Å². The maximum Gasteiger partial charge on any atom is 0.261 e. The Morgan fingerprint density at radius 1 is 1.44 bits per heavy atom. The van der Waals surface area contributed by atoms with E-state index in [1.54, 1.807) is 6.07 Å². The van der Waals surface area contributed by atoms with Crippen molar-refractivity contribution in [2.24, 2.45) is 7.05 Å². The number of hydrogen-bond acceptors (Lipinski definition) is 5. The molecule has 1 aromatic carbocycles. The average molecular weight is 387 g/mol. The molecule has 1 fully saturated rings. The first-order valence-corrected chi connectivity index (χ1v) is 9.83. The van der Waals surface area contributed by atoms with E-state index in [1.807, 2.05) is 30.1 Å². The third-order valence-electron chi connectivity index (χ3n) is 4.90. The summed E-state index contributed by atoms with van der Waals surface area (Å²) in [5.74, 6) is 0.635. The lowest BCUT2D eigenvalue weighted by Gasteiger charge is -2.35. The lowest BCUT2D eigenvalue weighted by Crippen LogP contribution is -2.49. The minimum Gasteiger partial charge on any atom is -0.350 e. The van der Waals surface area contributed by atoms with Gasteiger partial charge in [0.2, 0.25) is 0 Å². The largest absolute Gasteiger partial charge is 0.350 e. The SMILES string of the molecule is Cn1ccnc1C1CNCCN1CCNC(=O)c1cc2ccc(F)cc2s1. The number of aryl methyl sites for hydroxylation is 1. The van der Waals surface area contributed by atoms with Crippen molar-refractivity contribution in [2.45, 2.75) is 6.04 Å². The predicted octanol–water partition coefficient (Wildman–Crippen LogP) is 2.15. The molecule has 1 aliphatic heterocycles. The average Bonchev–Trinajstić information content (AvgIpc) is 3.27. The Hall–Kier alpha value is -2.29. The minimum absolute atomic E-state index is 0.111. The Bertz CT molecular complexity index is 953. The van der Waals surface area contributed by atoms with Crippen LogP contribution in [0.5, 0.6) is 0 Å². The third kappa shape index (κ3) is 3.87. The van der Waals surface area contributed by atoms with E-state index in [0.29, 0.717) is 11.4 Å². The standard InChI is InChI=1S/C19H22FN5OS/c1-24-7-5-22-18(24)15-12-21-4-8-25(15)9-6-23-19(26)17-10-13-2-3-14(20)11-16(13)27-17/h2-3,5,7,10-11,15,21H,4,6,8-9,12H2,1H3,(H,23,26). The molecule has 1 saturated heterocycles. The molecule has 1 atom stereocenters. The van der Waals surface area contributed by atoms with E-state index in [-0.39, 0.29) is 17.8 Å². The van der Waals surface area contributed by atoms with Crippen LogP contribution in [0.1, 0.15) is 21.5 Å². The van der Waals surface area contributed by atoms with Gasteiger partial charge in [0.1, 0.15) is 11.6 Å². The van der Waals surface area contributed by atoms with Gasteiger partial charge in [0.05, 0.1) is 10.9 Å². The van der Waals surface area contributed by atoms with Gasteiger partial charge in [-0.1, -0.05) is 6.07 Å². The van der Waals surface area contributed by atoms with Gasteiger partial charge < -0.3 is 15.2 Å². The van der Waals surface area contributed by atoms with Gasteiger partial charge in [-0.05, 0) is 23.6 Å². The number of piperazine rings is 1. The molecule has 3 aromatic rings. The van der Waals surface area contributed by atoms with Crippen molar-refractivity contribution in [1.29, 1.82) is 0 Å². The summed E-state index contributed by atoms with van der Waals surface area (Å²) in [4.78, 5) is 19.9. The van der Waals surface area contributed by atoms with E-state index in [0.717, 1.165) is 42.1 Å². The molecule has 0 radical (unpaired) electrons. The highest BCUT2D eigenvalue weighted by molar-refractivity contribution is 7.20. The smallest absolute Gasteiger partial charge is 0.261 e. The number of nitrogens with zero attached hydrogens (tertiary/aromatic N) is 3. The molecule has 1 unspecified atom stereocenters. The van der Waals surface area contributed by atoms with Crippen LogP contribution in [-0.2, 0) is 7.05 Å². The Morgan fingerprint density at radius 2 is 2.33 bits per heavy atom. The number of imidazole rings is 1. The van der Waals surface area contributed by atoms with Crippen molar-refractivity contribution >= 4 is 27.3 Å². The van der Waals surface area contributed by atoms with E-state index >= 15 is 0 Å². The highest BCUT2D eigenvalue weighted by atomic mass is 32.1. The van der Waals surface area contributed by atoms with Gasteiger partial charge in [0, 0.05) is 56.9 Å². The fourth-order valence-corrected chi connectivity index (χ4v) is 4.49. The first-order valence-electron chi connectivity index (χ1n) is 9.01. The Morgan fingerprint density at radius 3 is 3.15 bits per heavy atom. The van der Waals surface area contributed by atoms with Gasteiger partial charge >= 0.3 is 0 Å². The van der Waals surface area contributed by atoms with Crippen LogP contribution in [0.25, 0.3) is 10.1 Å². The van der Waals surface area contributed by atoms with Crippen LogP contribution in [0.4, 0.5) is 4.39 Å². The maximum atomic E-state index is 13.3. The summed E-state index contributed by atoms with van der Waals surface area (Å²) >= 11 is 1.32. The van der Waals surface area contributed by atoms with E-state index in [9.17, 15) is 9.18 Å². The fraction of sp³-hybridized carbons (Fsp3) is 0.368. The minimum atomic E-state index is -0.282. The molecule has 6 nitrogen and oxygen atoms in total. The third-order valence-corrected chi connectivity index (χ3v) is 6.00. The van der Waals surface area contributed by atoms with Crippen molar-refractivity contribution in [2.75, 3.05) is 32.7 Å². The molecular weight excluding hydrogens is 365 g/mol. The molecule has 0 spiro atoms. The summed E-state index contributed by atoms with van der Waals surface area (Å²) in [5.41, 5.74) is 0. The Labute approximate surface area is 161 Å². The predicted molar refractivity (Wildman–Crippen MR) is 105 cm³/mol. The van der Waals surface area contributed by atoms with Crippen LogP contribution < -0.4 is 10.6 Å². The molecule has 0 bridgehead atoms. The van der Waals surface area contributed by atoms with Crippen LogP contribution in [0.15, 0.2) is 36.7 Å². The van der Waals surface area contributed by atoms with E-state index in [4.69, 9.17) is 0 Å². The molecule has 0 aliphatic carbocycles. The summed E-state index contributed by atoms with van der Waals surface area (Å²) in [6, 6.07) is 6.60. The van der Waals surface area contributed by atoms with E-state index < -0.39 is 0 Å². The lowest BCUT2D eigenvalue weighted by atomic mass is 10.1. The number of nitrogens with one attached hydrogen (secondary N) is 2. The van der Waals surface area contributed by atoms with Crippen LogP contribution in [0.3, 0.4) is 0 Å². The maximum absolute atomic E-state index is 13.3. The number of amides is 1. The number of hydrogen-bond donors (Lipinski definition) is 2. The van der Waals surface area contributed by atoms with Crippen LogP contribution in [-0.4, -0.2) is 53.1 Å². The van der Waals surface area contributed by atoms with Crippen LogP contribution >= 0.6 is 11.3 Å². The second-order valence-corrected chi connectivity index (χ2v) is 7.78. The molecule has 0 saturated carbocycles. The van der Waals surface area contributed by atoms with Crippen molar-refractivity contribution in [3.8, 4) is 0 Å². The molecule has 8 heteroatoms. The quantitative estimate of drug-likeness (QED) is 0.704. The summed E-state index contributed by atoms with van der Waals surface area (Å²) in [5, 5.41) is 7.30. The van der Waals surface area contributed by atoms with Crippen molar-refractivity contribution in [3.05, 3.63) is 53.2 Å². The molecule has 1 amide bonds. The van der Waals surface area contributed by atoms with Gasteiger partial charge in [0.15, 0.2) is 0 Å². The Kier molecular flexibility index (Phi) is 5.20. The molecule has 4 rings (SSSR count). The molecule has 27 heavy (non-hydrogen) atoms. The number of benzene rings is 1. The number of carbonyl (C=O) groups is 1. The van der Waals surface area contributed by atoms with Gasteiger partial charge in [-0.3, -0.25) is 9.69 Å². The molecule has 2 aromatic heterocycles. The molecular formula is C19H22FN5OS. The Balaban J connectivity index is 1.37. The van der Waals surface area contributed by atoms with Crippen LogP contribution in [0, 0.1) is 5.82 Å². The second-order valence-electron chi connectivity index (χ2n) is 6.70. The number of rotatable bonds is 5. The number of thiophene rings is 1. The molecule has 1 aliphatic rings. The number of aromatic nitrogens is 2. The highest BCUT2D eigenvalue weighted by Crippen LogP contribution is 2.26. The monoisotopic (exact) mass is 387 g/mol. The topological polar surface area (TPSA) is 62.2 Å². The zero-order valence-corrected chi connectivity index (χ0v) is 15.9. The van der Waals surface area contributed by atoms with E-state index in [1.165, 1.54) is 23.5 Å². The van der Waals surface area contributed by atoms with Gasteiger partial charge in [0.25, 0.3) is 5.91 Å². The zero-order valence-electron chi connectivity index (χ0n) is 15.1. The van der Waals surface area contributed by atoms with Gasteiger partial charge in [-0.15, -0.1) is 11.3 Å². The first-order chi connectivity index (χ1) is 13.1. The number of halogens is 1. The molecule has 2 N–H and O–H groups in total.